The number of aliphatic hydroxyl groups is 1. The number of ether oxygens (including phenoxy) is 1. The smallest absolute Gasteiger partial charge is 0.309 e. The third-order valence-corrected chi connectivity index (χ3v) is 3.41. The summed E-state index contributed by atoms with van der Waals surface area (Å²) in [6.45, 7) is 11.1. The lowest BCUT2D eigenvalue weighted by molar-refractivity contribution is -0.156. The molecule has 2 N–H and O–H groups in total. The lowest BCUT2D eigenvalue weighted by atomic mass is 9.72. The van der Waals surface area contributed by atoms with Gasteiger partial charge in [0.2, 0.25) is 13.8 Å². The highest BCUT2D eigenvalue weighted by Crippen LogP contribution is 2.36. The summed E-state index contributed by atoms with van der Waals surface area (Å²) in [6, 6.07) is 0. The van der Waals surface area contributed by atoms with Gasteiger partial charge < -0.3 is 15.2 Å². The van der Waals surface area contributed by atoms with Crippen LogP contribution >= 0.6 is 0 Å². The normalized spacial score (nSPS) is 14.7. The molecule has 0 aromatic carbocycles. The van der Waals surface area contributed by atoms with Crippen molar-refractivity contribution in [3.05, 3.63) is 0 Å². The largest absolute Gasteiger partial charge is 0.465 e. The van der Waals surface area contributed by atoms with E-state index in [1.165, 1.54) is 0 Å². The second-order valence-electron chi connectivity index (χ2n) is 8.05. The van der Waals surface area contributed by atoms with Crippen molar-refractivity contribution in [2.24, 2.45) is 22.7 Å². The molecule has 0 aromatic rings. The standard InChI is InChI=1S/C16H28BNO5/c1-15(2,3)7-11(16(4,5)6)13(21)23-9-10(8-19)12(20)18-14(17)22/h10-11,19H,7-9H2,1-6H3,(H,18,20,22). The van der Waals surface area contributed by atoms with E-state index in [-0.39, 0.29) is 23.4 Å². The summed E-state index contributed by atoms with van der Waals surface area (Å²) in [5.41, 5.74) is -0.356. The van der Waals surface area contributed by atoms with Crippen LogP contribution in [0.5, 0.6) is 0 Å². The van der Waals surface area contributed by atoms with Crippen LogP contribution in [-0.4, -0.2) is 43.8 Å². The lowest BCUT2D eigenvalue weighted by Gasteiger charge is -2.34. The summed E-state index contributed by atoms with van der Waals surface area (Å²) >= 11 is 0. The Bertz CT molecular complexity index is 437. The Kier molecular flexibility index (Phi) is 7.97. The number of aliphatic hydroxyl groups excluding tert-OH is 1. The van der Waals surface area contributed by atoms with E-state index < -0.39 is 30.2 Å². The highest BCUT2D eigenvalue weighted by molar-refractivity contribution is 6.58. The van der Waals surface area contributed by atoms with E-state index in [2.05, 4.69) is 0 Å². The van der Waals surface area contributed by atoms with E-state index in [9.17, 15) is 19.5 Å². The Hall–Kier alpha value is -1.37. The molecule has 0 saturated heterocycles. The monoisotopic (exact) mass is 325 g/mol. The van der Waals surface area contributed by atoms with E-state index in [1.807, 2.05) is 46.9 Å². The number of carbonyl (C=O) groups is 3. The van der Waals surface area contributed by atoms with Crippen molar-refractivity contribution in [1.82, 2.24) is 5.32 Å². The summed E-state index contributed by atoms with van der Waals surface area (Å²) < 4.78 is 5.22. The molecule has 0 rings (SSSR count). The van der Waals surface area contributed by atoms with Crippen molar-refractivity contribution in [1.29, 1.82) is 0 Å². The number of carbonyl (C=O) groups excluding carboxylic acids is 3. The number of rotatable bonds is 6. The van der Waals surface area contributed by atoms with Crippen LogP contribution in [0.1, 0.15) is 48.0 Å². The molecule has 0 aromatic heterocycles. The van der Waals surface area contributed by atoms with Crippen molar-refractivity contribution in [3.63, 3.8) is 0 Å². The number of esters is 1. The Morgan fingerprint density at radius 2 is 1.65 bits per heavy atom. The molecular weight excluding hydrogens is 297 g/mol. The lowest BCUT2D eigenvalue weighted by Crippen LogP contribution is -2.40. The van der Waals surface area contributed by atoms with Crippen molar-refractivity contribution in [2.45, 2.75) is 48.0 Å². The van der Waals surface area contributed by atoms with Crippen LogP contribution in [0, 0.1) is 22.7 Å². The number of hydrogen-bond donors (Lipinski definition) is 2. The summed E-state index contributed by atoms with van der Waals surface area (Å²) in [7, 11) is 4.86. The van der Waals surface area contributed by atoms with Gasteiger partial charge in [0.15, 0.2) is 5.81 Å². The summed E-state index contributed by atoms with van der Waals surface area (Å²) in [4.78, 5) is 34.7. The highest BCUT2D eigenvalue weighted by Gasteiger charge is 2.36. The molecule has 2 atom stereocenters. The molecule has 0 spiro atoms. The first-order valence-corrected chi connectivity index (χ1v) is 7.65. The van der Waals surface area contributed by atoms with Gasteiger partial charge in [-0.1, -0.05) is 41.5 Å². The van der Waals surface area contributed by atoms with Crippen LogP contribution in [0.3, 0.4) is 0 Å². The van der Waals surface area contributed by atoms with E-state index in [0.29, 0.717) is 6.42 Å². The number of amides is 2. The zero-order valence-electron chi connectivity index (χ0n) is 14.9. The predicted molar refractivity (Wildman–Crippen MR) is 87.8 cm³/mol. The van der Waals surface area contributed by atoms with Gasteiger partial charge in [0.25, 0.3) is 0 Å². The van der Waals surface area contributed by atoms with E-state index >= 15 is 0 Å². The van der Waals surface area contributed by atoms with Crippen LogP contribution in [0.15, 0.2) is 0 Å². The fraction of sp³-hybridized carbons (Fsp3) is 0.812. The van der Waals surface area contributed by atoms with Gasteiger partial charge in [-0.25, -0.2) is 0 Å². The molecule has 0 saturated carbocycles. The second kappa shape index (κ2) is 8.48. The minimum Gasteiger partial charge on any atom is -0.465 e. The van der Waals surface area contributed by atoms with Gasteiger partial charge >= 0.3 is 5.97 Å². The van der Waals surface area contributed by atoms with Gasteiger partial charge in [-0.15, -0.1) is 0 Å². The van der Waals surface area contributed by atoms with Crippen LogP contribution in [0.2, 0.25) is 0 Å². The van der Waals surface area contributed by atoms with Gasteiger partial charge in [0.1, 0.15) is 6.61 Å². The molecule has 130 valence electrons. The van der Waals surface area contributed by atoms with E-state index in [1.54, 1.807) is 0 Å². The highest BCUT2D eigenvalue weighted by atomic mass is 16.5. The number of hydrogen-bond acceptors (Lipinski definition) is 5. The second-order valence-corrected chi connectivity index (χ2v) is 8.05. The third kappa shape index (κ3) is 8.74. The maximum atomic E-state index is 12.4. The van der Waals surface area contributed by atoms with Crippen LogP contribution in [-0.2, 0) is 14.3 Å². The van der Waals surface area contributed by atoms with Gasteiger partial charge in [0, 0.05) is 0 Å². The Morgan fingerprint density at radius 1 is 1.13 bits per heavy atom. The average Bonchev–Trinajstić information content (AvgIpc) is 2.33. The molecule has 6 nitrogen and oxygen atoms in total. The predicted octanol–water partition coefficient (Wildman–Crippen LogP) is 1.64. The van der Waals surface area contributed by atoms with Gasteiger partial charge in [0.05, 0.1) is 18.4 Å². The van der Waals surface area contributed by atoms with Crippen LogP contribution in [0.25, 0.3) is 0 Å². The first kappa shape index (κ1) is 21.6. The zero-order chi connectivity index (χ0) is 18.4. The molecule has 2 amide bonds. The molecule has 0 aliphatic carbocycles. The molecule has 0 heterocycles. The molecule has 0 fully saturated rings. The number of imide groups is 1. The van der Waals surface area contributed by atoms with Gasteiger partial charge in [-0.2, -0.15) is 0 Å². The van der Waals surface area contributed by atoms with Crippen molar-refractivity contribution >= 4 is 25.5 Å². The topological polar surface area (TPSA) is 92.7 Å². The first-order chi connectivity index (χ1) is 10.3. The van der Waals surface area contributed by atoms with Crippen molar-refractivity contribution in [2.75, 3.05) is 13.2 Å². The zero-order valence-corrected chi connectivity index (χ0v) is 14.9. The molecular formula is C16H28BNO5. The average molecular weight is 325 g/mol. The van der Waals surface area contributed by atoms with Crippen LogP contribution < -0.4 is 5.32 Å². The summed E-state index contributed by atoms with van der Waals surface area (Å²) in [5.74, 6) is -3.57. The van der Waals surface area contributed by atoms with Crippen LogP contribution in [0.4, 0.5) is 4.79 Å². The maximum Gasteiger partial charge on any atom is 0.309 e. The third-order valence-electron chi connectivity index (χ3n) is 3.41. The fourth-order valence-corrected chi connectivity index (χ4v) is 2.07. The fourth-order valence-electron chi connectivity index (χ4n) is 2.07. The first-order valence-electron chi connectivity index (χ1n) is 7.65. The van der Waals surface area contributed by atoms with Crippen molar-refractivity contribution in [3.8, 4) is 0 Å². The molecule has 23 heavy (non-hydrogen) atoms. The van der Waals surface area contributed by atoms with Crippen molar-refractivity contribution < 1.29 is 24.2 Å². The molecule has 7 heteroatoms. The molecule has 0 aliphatic heterocycles. The molecule has 0 aliphatic rings. The molecule has 2 unspecified atom stereocenters. The van der Waals surface area contributed by atoms with E-state index in [4.69, 9.17) is 12.6 Å². The Labute approximate surface area is 139 Å². The Morgan fingerprint density at radius 3 is 2.00 bits per heavy atom. The maximum absolute atomic E-state index is 12.4. The molecule has 0 bridgehead atoms. The Balaban J connectivity index is 4.86. The molecule has 2 radical (unpaired) electrons. The quantitative estimate of drug-likeness (QED) is 0.572. The minimum atomic E-state index is -1.03. The SMILES string of the molecule is [B]C(=O)NC(=O)C(CO)COC(=O)C(CC(C)(C)C)C(C)(C)C. The summed E-state index contributed by atoms with van der Waals surface area (Å²) in [6.07, 6.45) is 0.632. The van der Waals surface area contributed by atoms with Gasteiger partial charge in [-0.05, 0) is 17.3 Å². The minimum absolute atomic E-state index is 0.0588. The summed E-state index contributed by atoms with van der Waals surface area (Å²) in [5, 5.41) is 11.1. The van der Waals surface area contributed by atoms with E-state index in [0.717, 1.165) is 0 Å². The van der Waals surface area contributed by atoms with Gasteiger partial charge in [-0.3, -0.25) is 14.4 Å². The number of nitrogens with one attached hydrogen (secondary N) is 1.